The second-order valence-corrected chi connectivity index (χ2v) is 8.53. The quantitative estimate of drug-likeness (QED) is 0.253. The molecule has 0 aliphatic heterocycles. The molecule has 1 aromatic carbocycles. The maximum absolute atomic E-state index is 12.7. The summed E-state index contributed by atoms with van der Waals surface area (Å²) in [6.07, 6.45) is 0. The Labute approximate surface area is 190 Å². The lowest BCUT2D eigenvalue weighted by molar-refractivity contribution is 0.102. The Balaban J connectivity index is 1.66. The maximum Gasteiger partial charge on any atom is 0.191 e. The number of carbonyl (C=O) groups excluding carboxylic acids is 1. The van der Waals surface area contributed by atoms with Gasteiger partial charge in [0.05, 0.1) is 25.7 Å². The van der Waals surface area contributed by atoms with E-state index in [2.05, 4.69) is 20.2 Å². The average Bonchev–Trinajstić information content (AvgIpc) is 3.16. The van der Waals surface area contributed by atoms with Gasteiger partial charge in [-0.1, -0.05) is 23.5 Å². The third-order valence-electron chi connectivity index (χ3n) is 4.44. The van der Waals surface area contributed by atoms with Crippen LogP contribution in [0.3, 0.4) is 0 Å². The van der Waals surface area contributed by atoms with Crippen molar-refractivity contribution >= 4 is 29.3 Å². The van der Waals surface area contributed by atoms with Gasteiger partial charge < -0.3 is 14.0 Å². The molecule has 2 heterocycles. The number of methoxy groups -OCH3 is 2. The molecule has 8 nitrogen and oxygen atoms in total. The molecule has 0 N–H and O–H groups in total. The van der Waals surface area contributed by atoms with Crippen molar-refractivity contribution < 1.29 is 14.3 Å². The summed E-state index contributed by atoms with van der Waals surface area (Å²) in [5.74, 6) is 2.79. The zero-order valence-corrected chi connectivity index (χ0v) is 19.8. The van der Waals surface area contributed by atoms with E-state index in [1.807, 2.05) is 31.4 Å². The Hall–Kier alpha value is -2.59. The highest BCUT2D eigenvalue weighted by atomic mass is 32.2. The fourth-order valence-electron chi connectivity index (χ4n) is 2.96. The molecule has 2 aromatic heterocycles. The van der Waals surface area contributed by atoms with E-state index in [-0.39, 0.29) is 11.5 Å². The summed E-state index contributed by atoms with van der Waals surface area (Å²) < 4.78 is 12.5. The second-order valence-electron chi connectivity index (χ2n) is 6.65. The Morgan fingerprint density at radius 3 is 2.35 bits per heavy atom. The molecule has 0 aliphatic rings. The van der Waals surface area contributed by atoms with E-state index < -0.39 is 0 Å². The van der Waals surface area contributed by atoms with E-state index in [0.717, 1.165) is 22.4 Å². The Morgan fingerprint density at radius 1 is 1.00 bits per heavy atom. The number of benzene rings is 1. The fourth-order valence-corrected chi connectivity index (χ4v) is 4.77. The van der Waals surface area contributed by atoms with Crippen molar-refractivity contribution in [1.29, 1.82) is 0 Å². The molecule has 0 unspecified atom stereocenters. The standard InChI is InChI=1S/C21H25N5O3S2/c1-6-26-19(12-30-20-22-13(2)9-14(3)23-20)24-25-21(26)31-11-16(27)15-7-8-17(28-4)18(10-15)29-5/h7-10H,6,11-12H2,1-5H3. The van der Waals surface area contributed by atoms with Gasteiger partial charge in [0.15, 0.2) is 27.6 Å². The van der Waals surface area contributed by atoms with Crippen LogP contribution >= 0.6 is 23.5 Å². The number of carbonyl (C=O) groups is 1. The van der Waals surface area contributed by atoms with E-state index in [1.54, 1.807) is 32.4 Å². The van der Waals surface area contributed by atoms with Gasteiger partial charge in [0.1, 0.15) is 5.82 Å². The maximum atomic E-state index is 12.7. The Bertz CT molecular complexity index is 1050. The fraction of sp³-hybridized carbons (Fsp3) is 0.381. The topological polar surface area (TPSA) is 92.0 Å². The first-order valence-corrected chi connectivity index (χ1v) is 11.7. The van der Waals surface area contributed by atoms with Crippen molar-refractivity contribution in [3.63, 3.8) is 0 Å². The van der Waals surface area contributed by atoms with E-state index in [0.29, 0.717) is 34.5 Å². The first-order chi connectivity index (χ1) is 14.9. The Morgan fingerprint density at radius 2 is 1.71 bits per heavy atom. The molecular weight excluding hydrogens is 434 g/mol. The van der Waals surface area contributed by atoms with Gasteiger partial charge in [0.2, 0.25) is 0 Å². The minimum absolute atomic E-state index is 0.0174. The molecule has 0 saturated heterocycles. The SMILES string of the molecule is CCn1c(CSc2nc(C)cc(C)n2)nnc1SCC(=O)c1ccc(OC)c(OC)c1. The van der Waals surface area contributed by atoms with Crippen molar-refractivity contribution in [3.8, 4) is 11.5 Å². The van der Waals surface area contributed by atoms with Crippen LogP contribution in [0.5, 0.6) is 11.5 Å². The first-order valence-electron chi connectivity index (χ1n) is 9.70. The minimum atomic E-state index is -0.0174. The molecule has 0 spiro atoms. The number of nitrogens with zero attached hydrogens (tertiary/aromatic N) is 5. The number of ketones is 1. The van der Waals surface area contributed by atoms with Crippen LogP contribution in [-0.4, -0.2) is 50.5 Å². The molecular formula is C21H25N5O3S2. The molecule has 0 saturated carbocycles. The van der Waals surface area contributed by atoms with Gasteiger partial charge in [0.25, 0.3) is 0 Å². The van der Waals surface area contributed by atoms with Crippen molar-refractivity contribution in [2.75, 3.05) is 20.0 Å². The van der Waals surface area contributed by atoms with Crippen LogP contribution in [0.25, 0.3) is 0 Å². The van der Waals surface area contributed by atoms with Crippen LogP contribution in [0, 0.1) is 13.8 Å². The average molecular weight is 460 g/mol. The summed E-state index contributed by atoms with van der Waals surface area (Å²) in [4.78, 5) is 21.6. The van der Waals surface area contributed by atoms with E-state index in [1.165, 1.54) is 23.5 Å². The number of aryl methyl sites for hydroxylation is 2. The lowest BCUT2D eigenvalue weighted by Gasteiger charge is -2.09. The van der Waals surface area contributed by atoms with Crippen LogP contribution in [0.15, 0.2) is 34.6 Å². The molecule has 3 aromatic rings. The molecule has 0 fully saturated rings. The van der Waals surface area contributed by atoms with Gasteiger partial charge >= 0.3 is 0 Å². The summed E-state index contributed by atoms with van der Waals surface area (Å²) in [6.45, 7) is 6.66. The zero-order chi connectivity index (χ0) is 22.4. The second kappa shape index (κ2) is 10.6. The van der Waals surface area contributed by atoms with Crippen LogP contribution < -0.4 is 9.47 Å². The number of Topliss-reactive ketones (excluding diaryl/α,β-unsaturated/α-hetero) is 1. The van der Waals surface area contributed by atoms with Gasteiger partial charge in [-0.15, -0.1) is 10.2 Å². The molecule has 0 atom stereocenters. The molecule has 0 radical (unpaired) electrons. The molecule has 0 bridgehead atoms. The summed E-state index contributed by atoms with van der Waals surface area (Å²) >= 11 is 2.90. The number of aromatic nitrogens is 5. The van der Waals surface area contributed by atoms with Crippen molar-refractivity contribution in [2.24, 2.45) is 0 Å². The van der Waals surface area contributed by atoms with Gasteiger partial charge in [-0.3, -0.25) is 4.79 Å². The van der Waals surface area contributed by atoms with Crippen LogP contribution in [-0.2, 0) is 12.3 Å². The van der Waals surface area contributed by atoms with E-state index >= 15 is 0 Å². The summed E-state index contributed by atoms with van der Waals surface area (Å²) in [7, 11) is 3.11. The van der Waals surface area contributed by atoms with Crippen LogP contribution in [0.1, 0.15) is 34.5 Å². The highest BCUT2D eigenvalue weighted by Crippen LogP contribution is 2.29. The minimum Gasteiger partial charge on any atom is -0.493 e. The third kappa shape index (κ3) is 5.76. The van der Waals surface area contributed by atoms with Gasteiger partial charge in [-0.25, -0.2) is 9.97 Å². The number of ether oxygens (including phenoxy) is 2. The molecule has 164 valence electrons. The molecule has 0 amide bonds. The van der Waals surface area contributed by atoms with Crippen LogP contribution in [0.2, 0.25) is 0 Å². The van der Waals surface area contributed by atoms with Crippen molar-refractivity contribution in [2.45, 2.75) is 43.4 Å². The van der Waals surface area contributed by atoms with Gasteiger partial charge in [-0.2, -0.15) is 0 Å². The van der Waals surface area contributed by atoms with Crippen molar-refractivity contribution in [3.05, 3.63) is 47.0 Å². The normalized spacial score (nSPS) is 10.9. The van der Waals surface area contributed by atoms with Crippen LogP contribution in [0.4, 0.5) is 0 Å². The largest absolute Gasteiger partial charge is 0.493 e. The van der Waals surface area contributed by atoms with Crippen molar-refractivity contribution in [1.82, 2.24) is 24.7 Å². The van der Waals surface area contributed by atoms with E-state index in [4.69, 9.17) is 9.47 Å². The first kappa shape index (κ1) is 23.1. The number of rotatable bonds is 10. The number of thioether (sulfide) groups is 2. The predicted molar refractivity (Wildman–Crippen MR) is 121 cm³/mol. The van der Waals surface area contributed by atoms with Gasteiger partial charge in [0, 0.05) is 23.5 Å². The smallest absolute Gasteiger partial charge is 0.191 e. The number of hydrogen-bond donors (Lipinski definition) is 0. The summed E-state index contributed by atoms with van der Waals surface area (Å²) in [5, 5.41) is 10.0. The molecule has 10 heteroatoms. The lowest BCUT2D eigenvalue weighted by atomic mass is 10.1. The monoisotopic (exact) mass is 459 g/mol. The number of hydrogen-bond acceptors (Lipinski definition) is 9. The molecule has 3 rings (SSSR count). The van der Waals surface area contributed by atoms with E-state index in [9.17, 15) is 4.79 Å². The molecule has 31 heavy (non-hydrogen) atoms. The highest BCUT2D eigenvalue weighted by Gasteiger charge is 2.16. The summed E-state index contributed by atoms with van der Waals surface area (Å²) in [5.41, 5.74) is 2.45. The molecule has 0 aliphatic carbocycles. The lowest BCUT2D eigenvalue weighted by Crippen LogP contribution is -2.06. The Kier molecular flexibility index (Phi) is 7.91. The van der Waals surface area contributed by atoms with Gasteiger partial charge in [-0.05, 0) is 45.0 Å². The third-order valence-corrected chi connectivity index (χ3v) is 6.25. The zero-order valence-electron chi connectivity index (χ0n) is 18.2. The summed E-state index contributed by atoms with van der Waals surface area (Å²) in [6, 6.07) is 7.11. The predicted octanol–water partition coefficient (Wildman–Crippen LogP) is 3.99. The highest BCUT2D eigenvalue weighted by molar-refractivity contribution is 7.99.